The van der Waals surface area contributed by atoms with Crippen LogP contribution in [0.4, 0.5) is 0 Å². The lowest BCUT2D eigenvalue weighted by molar-refractivity contribution is -0.141. The van der Waals surface area contributed by atoms with Crippen molar-refractivity contribution in [1.29, 1.82) is 0 Å². The Morgan fingerprint density at radius 2 is 1.50 bits per heavy atom. The normalized spacial score (nSPS) is 11.1. The van der Waals surface area contributed by atoms with Gasteiger partial charge in [0.15, 0.2) is 0 Å². The summed E-state index contributed by atoms with van der Waals surface area (Å²) in [4.78, 5) is 23.4. The molecule has 0 aromatic rings. The molecule has 0 heterocycles. The Morgan fingerprint density at radius 3 is 1.91 bits per heavy atom. The molecule has 0 spiro atoms. The Morgan fingerprint density at radius 1 is 1.00 bits per heavy atom. The summed E-state index contributed by atoms with van der Waals surface area (Å²) in [7, 11) is -1.93. The van der Waals surface area contributed by atoms with Crippen molar-refractivity contribution in [3.8, 4) is 0 Å². The third-order valence-electron chi connectivity index (χ3n) is 3.55. The summed E-state index contributed by atoms with van der Waals surface area (Å²) in [6.45, 7) is 11.8. The van der Waals surface area contributed by atoms with E-state index in [1.165, 1.54) is 0 Å². The van der Waals surface area contributed by atoms with E-state index in [1.807, 2.05) is 0 Å². The highest BCUT2D eigenvalue weighted by molar-refractivity contribution is 6.75. The molecule has 0 saturated heterocycles. The highest BCUT2D eigenvalue weighted by Crippen LogP contribution is 2.28. The molecule has 5 heteroatoms. The maximum absolute atomic E-state index is 12.1. The molecule has 128 valence electrons. The summed E-state index contributed by atoms with van der Waals surface area (Å²) < 4.78 is 10.9. The van der Waals surface area contributed by atoms with Gasteiger partial charge in [-0.2, -0.15) is 0 Å². The number of rotatable bonds is 12. The van der Waals surface area contributed by atoms with Gasteiger partial charge >= 0.3 is 5.97 Å². The van der Waals surface area contributed by atoms with E-state index in [-0.39, 0.29) is 12.6 Å². The van der Waals surface area contributed by atoms with Crippen molar-refractivity contribution in [3.63, 3.8) is 0 Å². The van der Waals surface area contributed by atoms with Crippen molar-refractivity contribution in [2.45, 2.75) is 77.9 Å². The summed E-state index contributed by atoms with van der Waals surface area (Å²) in [5.41, 5.74) is 0.378. The van der Waals surface area contributed by atoms with Gasteiger partial charge in [-0.15, -0.1) is 0 Å². The standard InChI is InChI=1S/C17H32O4Si/c1-6-12-22(13-7-2,14-8-3)21-16(18)10-9-11-20-17(19)15(4)5/h4,6-14H2,1-3,5H3. The third-order valence-corrected chi connectivity index (χ3v) is 8.45. The number of carbonyl (C=O) groups is 2. The number of ether oxygens (including phenoxy) is 1. The van der Waals surface area contributed by atoms with Gasteiger partial charge < -0.3 is 9.16 Å². The molecule has 0 fully saturated rings. The lowest BCUT2D eigenvalue weighted by Crippen LogP contribution is -2.40. The zero-order chi connectivity index (χ0) is 17.0. The average Bonchev–Trinajstić information content (AvgIpc) is 2.44. The molecular weight excluding hydrogens is 296 g/mol. The zero-order valence-corrected chi connectivity index (χ0v) is 15.7. The van der Waals surface area contributed by atoms with Crippen LogP contribution in [0.2, 0.25) is 18.1 Å². The SMILES string of the molecule is C=C(C)C(=O)OCCCC(=O)O[Si](CCC)(CCC)CCC. The molecule has 0 radical (unpaired) electrons. The molecule has 0 saturated carbocycles. The van der Waals surface area contributed by atoms with Gasteiger partial charge in [-0.3, -0.25) is 4.79 Å². The molecule has 0 aromatic heterocycles. The quantitative estimate of drug-likeness (QED) is 0.227. The molecular formula is C17H32O4Si. The molecule has 0 amide bonds. The van der Waals surface area contributed by atoms with E-state index >= 15 is 0 Å². The predicted molar refractivity (Wildman–Crippen MR) is 92.1 cm³/mol. The van der Waals surface area contributed by atoms with E-state index < -0.39 is 14.3 Å². The fourth-order valence-corrected chi connectivity index (χ4v) is 7.07. The molecule has 0 aliphatic carbocycles. The maximum Gasteiger partial charge on any atom is 0.333 e. The van der Waals surface area contributed by atoms with Crippen molar-refractivity contribution >= 4 is 20.3 Å². The monoisotopic (exact) mass is 328 g/mol. The predicted octanol–water partition coefficient (Wildman–Crippen LogP) is 4.60. The Labute approximate surface area is 136 Å². The topological polar surface area (TPSA) is 52.6 Å². The first-order valence-electron chi connectivity index (χ1n) is 8.45. The Bertz CT molecular complexity index is 349. The lowest BCUT2D eigenvalue weighted by atomic mass is 10.3. The molecule has 0 unspecified atom stereocenters. The van der Waals surface area contributed by atoms with Crippen LogP contribution in [0.5, 0.6) is 0 Å². The summed E-state index contributed by atoms with van der Waals surface area (Å²) >= 11 is 0. The molecule has 0 atom stereocenters. The fourth-order valence-electron chi connectivity index (χ4n) is 2.69. The first-order chi connectivity index (χ1) is 10.4. The van der Waals surface area contributed by atoms with Crippen LogP contribution >= 0.6 is 0 Å². The van der Waals surface area contributed by atoms with E-state index in [9.17, 15) is 9.59 Å². The fraction of sp³-hybridized carbons (Fsp3) is 0.765. The second kappa shape index (κ2) is 11.5. The highest BCUT2D eigenvalue weighted by atomic mass is 28.4. The highest BCUT2D eigenvalue weighted by Gasteiger charge is 2.35. The average molecular weight is 329 g/mol. The Kier molecular flexibility index (Phi) is 10.9. The van der Waals surface area contributed by atoms with Gasteiger partial charge in [0.25, 0.3) is 14.3 Å². The minimum atomic E-state index is -1.93. The zero-order valence-electron chi connectivity index (χ0n) is 14.7. The second-order valence-electron chi connectivity index (χ2n) is 5.93. The van der Waals surface area contributed by atoms with E-state index in [4.69, 9.17) is 9.16 Å². The molecule has 4 nitrogen and oxygen atoms in total. The lowest BCUT2D eigenvalue weighted by Gasteiger charge is -2.30. The summed E-state index contributed by atoms with van der Waals surface area (Å²) in [5, 5.41) is 0. The number of hydrogen-bond donors (Lipinski definition) is 0. The second-order valence-corrected chi connectivity index (χ2v) is 10.00. The van der Waals surface area contributed by atoms with Gasteiger partial charge in [-0.05, 0) is 31.5 Å². The minimum Gasteiger partial charge on any atom is -0.519 e. The largest absolute Gasteiger partial charge is 0.519 e. The van der Waals surface area contributed by atoms with E-state index in [1.54, 1.807) is 6.92 Å². The van der Waals surface area contributed by atoms with Crippen molar-refractivity contribution in [2.24, 2.45) is 0 Å². The van der Waals surface area contributed by atoms with Gasteiger partial charge in [0.05, 0.1) is 6.61 Å². The summed E-state index contributed by atoms with van der Waals surface area (Å²) in [6, 6.07) is 3.14. The molecule has 0 aliphatic rings. The Hall–Kier alpha value is -1.10. The van der Waals surface area contributed by atoms with Crippen molar-refractivity contribution < 1.29 is 18.8 Å². The van der Waals surface area contributed by atoms with E-state index in [0.717, 1.165) is 37.4 Å². The smallest absolute Gasteiger partial charge is 0.333 e. The molecule has 0 aromatic carbocycles. The minimum absolute atomic E-state index is 0.131. The summed E-state index contributed by atoms with van der Waals surface area (Å²) in [6.07, 6.45) is 4.02. The van der Waals surface area contributed by atoms with Gasteiger partial charge in [-0.25, -0.2) is 4.79 Å². The van der Waals surface area contributed by atoms with Crippen LogP contribution in [0.25, 0.3) is 0 Å². The first-order valence-corrected chi connectivity index (χ1v) is 11.0. The van der Waals surface area contributed by atoms with Crippen LogP contribution in [-0.2, 0) is 18.8 Å². The maximum atomic E-state index is 12.1. The van der Waals surface area contributed by atoms with E-state index in [0.29, 0.717) is 18.4 Å². The Balaban J connectivity index is 4.32. The van der Waals surface area contributed by atoms with Crippen molar-refractivity contribution in [3.05, 3.63) is 12.2 Å². The molecule has 0 N–H and O–H groups in total. The van der Waals surface area contributed by atoms with Crippen molar-refractivity contribution in [1.82, 2.24) is 0 Å². The summed E-state index contributed by atoms with van der Waals surface area (Å²) in [5.74, 6) is -0.534. The first kappa shape index (κ1) is 20.9. The molecule has 22 heavy (non-hydrogen) atoms. The van der Waals surface area contributed by atoms with Crippen molar-refractivity contribution in [2.75, 3.05) is 6.61 Å². The van der Waals surface area contributed by atoms with Gasteiger partial charge in [0.2, 0.25) is 0 Å². The van der Waals surface area contributed by atoms with Crippen LogP contribution in [0.1, 0.15) is 59.8 Å². The third kappa shape index (κ3) is 8.37. The van der Waals surface area contributed by atoms with Crippen LogP contribution in [0.3, 0.4) is 0 Å². The number of esters is 1. The van der Waals surface area contributed by atoms with Crippen LogP contribution in [0, 0.1) is 0 Å². The van der Waals surface area contributed by atoms with Gasteiger partial charge in [0, 0.05) is 12.0 Å². The number of hydrogen-bond acceptors (Lipinski definition) is 4. The van der Waals surface area contributed by atoms with Crippen LogP contribution in [-0.4, -0.2) is 26.9 Å². The van der Waals surface area contributed by atoms with E-state index in [2.05, 4.69) is 27.4 Å². The molecule has 0 aliphatic heterocycles. The van der Waals surface area contributed by atoms with Crippen LogP contribution < -0.4 is 0 Å². The molecule has 0 rings (SSSR count). The van der Waals surface area contributed by atoms with Gasteiger partial charge in [-0.1, -0.05) is 46.6 Å². The van der Waals surface area contributed by atoms with Gasteiger partial charge in [0.1, 0.15) is 0 Å². The molecule has 0 bridgehead atoms. The van der Waals surface area contributed by atoms with Crippen LogP contribution in [0.15, 0.2) is 12.2 Å². The number of carbonyl (C=O) groups excluding carboxylic acids is 2.